The Balaban J connectivity index is 5.39. The van der Waals surface area contributed by atoms with Crippen molar-refractivity contribution in [1.82, 2.24) is 0 Å². The van der Waals surface area contributed by atoms with Crippen LogP contribution in [0.5, 0.6) is 0 Å². The van der Waals surface area contributed by atoms with Crippen molar-refractivity contribution in [2.75, 3.05) is 38.9 Å². The average molecular weight is 422 g/mol. The lowest BCUT2D eigenvalue weighted by molar-refractivity contribution is -0.0779. The van der Waals surface area contributed by atoms with E-state index in [4.69, 9.17) is 9.47 Å². The smallest absolute Gasteiger partial charge is 0.435 e. The van der Waals surface area contributed by atoms with Crippen LogP contribution in [-0.4, -0.2) is 80.3 Å². The maximum atomic E-state index is 11.5. The Morgan fingerprint density at radius 2 is 1.04 bits per heavy atom. The minimum absolute atomic E-state index is 0.0538. The fraction of sp³-hybridized carbons (Fsp3) is 0.833. The van der Waals surface area contributed by atoms with Gasteiger partial charge < -0.3 is 18.9 Å². The molecule has 0 aromatic carbocycles. The zero-order chi connectivity index (χ0) is 20.4. The zero-order valence-corrected chi connectivity index (χ0v) is 16.3. The summed E-state index contributed by atoms with van der Waals surface area (Å²) in [5.74, 6) is 0. The minimum atomic E-state index is -3.95. The Labute approximate surface area is 151 Å². The van der Waals surface area contributed by atoms with E-state index < -0.39 is 58.0 Å². The van der Waals surface area contributed by atoms with E-state index in [2.05, 4.69) is 17.8 Å². The van der Waals surface area contributed by atoms with Crippen molar-refractivity contribution in [3.63, 3.8) is 0 Å². The topological polar surface area (TPSA) is 158 Å². The Kier molecular flexibility index (Phi) is 10.4. The standard InChI is InChI=1S/C12H22O12S2/c1-5-19-11(13)23-9(7-21-25(3,15)16)10(8-22-26(4,17)18)24-12(14)20-6-2/h9-10H,5-8H2,1-4H3/t9-,10-/m0/s1. The Bertz CT molecular complexity index is 596. The van der Waals surface area contributed by atoms with E-state index in [0.717, 1.165) is 12.5 Å². The number of carbonyl (C=O) groups is 2. The molecule has 0 aromatic heterocycles. The van der Waals surface area contributed by atoms with Gasteiger partial charge in [0, 0.05) is 0 Å². The van der Waals surface area contributed by atoms with E-state index in [0.29, 0.717) is 0 Å². The second kappa shape index (κ2) is 11.2. The van der Waals surface area contributed by atoms with Crippen LogP contribution in [0.2, 0.25) is 0 Å². The molecule has 0 fully saturated rings. The monoisotopic (exact) mass is 422 g/mol. The Morgan fingerprint density at radius 3 is 1.27 bits per heavy atom. The maximum absolute atomic E-state index is 11.5. The number of rotatable bonds is 11. The molecule has 0 rings (SSSR count). The van der Waals surface area contributed by atoms with Crippen molar-refractivity contribution in [3.8, 4) is 0 Å². The van der Waals surface area contributed by atoms with Crippen LogP contribution in [-0.2, 0) is 47.5 Å². The lowest BCUT2D eigenvalue weighted by Crippen LogP contribution is -2.42. The van der Waals surface area contributed by atoms with Crippen LogP contribution >= 0.6 is 0 Å². The molecule has 26 heavy (non-hydrogen) atoms. The molecule has 0 aliphatic rings. The number of hydrogen-bond acceptors (Lipinski definition) is 12. The molecular formula is C12H22O12S2. The second-order valence-corrected chi connectivity index (χ2v) is 7.94. The first-order valence-corrected chi connectivity index (χ1v) is 10.9. The highest BCUT2D eigenvalue weighted by Crippen LogP contribution is 2.12. The molecule has 0 aliphatic heterocycles. The van der Waals surface area contributed by atoms with E-state index in [9.17, 15) is 26.4 Å². The van der Waals surface area contributed by atoms with Crippen molar-refractivity contribution in [2.24, 2.45) is 0 Å². The molecule has 0 saturated carbocycles. The van der Waals surface area contributed by atoms with Gasteiger partial charge in [0.15, 0.2) is 12.2 Å². The molecule has 0 amide bonds. The number of ether oxygens (including phenoxy) is 4. The fourth-order valence-corrected chi connectivity index (χ4v) is 2.13. The molecule has 0 saturated heterocycles. The average Bonchev–Trinajstić information content (AvgIpc) is 2.46. The van der Waals surface area contributed by atoms with Gasteiger partial charge in [-0.15, -0.1) is 0 Å². The van der Waals surface area contributed by atoms with Gasteiger partial charge in [-0.05, 0) is 13.8 Å². The molecule has 2 atom stereocenters. The normalized spacial score (nSPS) is 14.2. The van der Waals surface area contributed by atoms with Gasteiger partial charge >= 0.3 is 12.3 Å². The van der Waals surface area contributed by atoms with Gasteiger partial charge in [-0.1, -0.05) is 0 Å². The first-order valence-electron chi connectivity index (χ1n) is 7.23. The van der Waals surface area contributed by atoms with Crippen LogP contribution in [0.15, 0.2) is 0 Å². The van der Waals surface area contributed by atoms with E-state index in [-0.39, 0.29) is 13.2 Å². The molecule has 0 aromatic rings. The van der Waals surface area contributed by atoms with Crippen LogP contribution in [0, 0.1) is 0 Å². The van der Waals surface area contributed by atoms with Crippen LogP contribution in [0.1, 0.15) is 13.8 Å². The van der Waals surface area contributed by atoms with Crippen molar-refractivity contribution >= 4 is 32.5 Å². The lowest BCUT2D eigenvalue weighted by Gasteiger charge is -2.25. The van der Waals surface area contributed by atoms with Crippen molar-refractivity contribution in [1.29, 1.82) is 0 Å². The van der Waals surface area contributed by atoms with Gasteiger partial charge in [-0.3, -0.25) is 8.37 Å². The van der Waals surface area contributed by atoms with Crippen LogP contribution in [0.25, 0.3) is 0 Å². The number of carbonyl (C=O) groups excluding carboxylic acids is 2. The first-order chi connectivity index (χ1) is 11.9. The summed E-state index contributed by atoms with van der Waals surface area (Å²) < 4.78 is 72.5. The van der Waals surface area contributed by atoms with Crippen molar-refractivity contribution in [3.05, 3.63) is 0 Å². The summed E-state index contributed by atoms with van der Waals surface area (Å²) in [5, 5.41) is 0. The number of hydrogen-bond donors (Lipinski definition) is 0. The highest BCUT2D eigenvalue weighted by Gasteiger charge is 2.33. The van der Waals surface area contributed by atoms with E-state index >= 15 is 0 Å². The molecule has 0 bridgehead atoms. The Hall–Kier alpha value is -1.64. The molecule has 0 spiro atoms. The second-order valence-electron chi connectivity index (χ2n) is 4.66. The highest BCUT2D eigenvalue weighted by molar-refractivity contribution is 7.86. The first kappa shape index (κ1) is 24.4. The molecule has 0 N–H and O–H groups in total. The van der Waals surface area contributed by atoms with Gasteiger partial charge in [0.1, 0.15) is 13.2 Å². The quantitative estimate of drug-likeness (QED) is 0.325. The largest absolute Gasteiger partial charge is 0.508 e. The molecule has 12 nitrogen and oxygen atoms in total. The van der Waals surface area contributed by atoms with Gasteiger partial charge in [-0.2, -0.15) is 16.8 Å². The van der Waals surface area contributed by atoms with Gasteiger partial charge in [0.05, 0.1) is 25.7 Å². The van der Waals surface area contributed by atoms with Crippen molar-refractivity contribution < 1.29 is 53.7 Å². The molecule has 14 heteroatoms. The third-order valence-electron chi connectivity index (χ3n) is 2.33. The molecule has 0 heterocycles. The fourth-order valence-electron chi connectivity index (χ4n) is 1.37. The van der Waals surface area contributed by atoms with Gasteiger partial charge in [-0.25, -0.2) is 9.59 Å². The highest BCUT2D eigenvalue weighted by atomic mass is 32.2. The molecule has 154 valence electrons. The Morgan fingerprint density at radius 1 is 0.731 bits per heavy atom. The molecule has 0 radical (unpaired) electrons. The zero-order valence-electron chi connectivity index (χ0n) is 14.7. The van der Waals surface area contributed by atoms with Gasteiger partial charge in [0.2, 0.25) is 0 Å². The minimum Gasteiger partial charge on any atom is -0.435 e. The summed E-state index contributed by atoms with van der Waals surface area (Å²) in [7, 11) is -7.89. The van der Waals surface area contributed by atoms with Crippen molar-refractivity contribution in [2.45, 2.75) is 26.1 Å². The third kappa shape index (κ3) is 12.7. The maximum Gasteiger partial charge on any atom is 0.508 e. The SMILES string of the molecule is CCOC(=O)O[C@@H](COS(C)(=O)=O)[C@H](COS(C)(=O)=O)OC(=O)OCC. The van der Waals surface area contributed by atoms with Gasteiger partial charge in [0.25, 0.3) is 20.2 Å². The summed E-state index contributed by atoms with van der Waals surface area (Å²) in [5.41, 5.74) is 0. The summed E-state index contributed by atoms with van der Waals surface area (Å²) in [6, 6.07) is 0. The van der Waals surface area contributed by atoms with E-state index in [1.807, 2.05) is 0 Å². The summed E-state index contributed by atoms with van der Waals surface area (Å²) >= 11 is 0. The summed E-state index contributed by atoms with van der Waals surface area (Å²) in [6.07, 6.45) is -4.08. The summed E-state index contributed by atoms with van der Waals surface area (Å²) in [4.78, 5) is 23.0. The predicted octanol–water partition coefficient (Wildman–Crippen LogP) is 0.0222. The molecular weight excluding hydrogens is 400 g/mol. The lowest BCUT2D eigenvalue weighted by atomic mass is 10.2. The van der Waals surface area contributed by atoms with E-state index in [1.165, 1.54) is 13.8 Å². The summed E-state index contributed by atoms with van der Waals surface area (Å²) in [6.45, 7) is 1.30. The third-order valence-corrected chi connectivity index (χ3v) is 3.46. The van der Waals surface area contributed by atoms with Crippen LogP contribution in [0.4, 0.5) is 9.59 Å². The predicted molar refractivity (Wildman–Crippen MR) is 85.4 cm³/mol. The van der Waals surface area contributed by atoms with Crippen LogP contribution < -0.4 is 0 Å². The molecule has 0 aliphatic carbocycles. The molecule has 0 unspecified atom stereocenters. The van der Waals surface area contributed by atoms with Crippen LogP contribution in [0.3, 0.4) is 0 Å². The van der Waals surface area contributed by atoms with E-state index in [1.54, 1.807) is 0 Å².